The summed E-state index contributed by atoms with van der Waals surface area (Å²) in [5.41, 5.74) is 1.87. The lowest BCUT2D eigenvalue weighted by atomic mass is 10.2. The molecular weight excluding hydrogens is 464 g/mol. The van der Waals surface area contributed by atoms with E-state index in [1.807, 2.05) is 43.3 Å². The van der Waals surface area contributed by atoms with Crippen LogP contribution in [-0.2, 0) is 4.79 Å². The minimum atomic E-state index is -0.314. The summed E-state index contributed by atoms with van der Waals surface area (Å²) in [7, 11) is 3.91. The first-order valence-corrected chi connectivity index (χ1v) is 10.4. The largest absolute Gasteiger partial charge is 0.490 e. The van der Waals surface area contributed by atoms with Crippen molar-refractivity contribution in [3.05, 3.63) is 62.4 Å². The summed E-state index contributed by atoms with van der Waals surface area (Å²) in [5, 5.41) is 0.186. The Hall–Kier alpha value is -1.96. The predicted molar refractivity (Wildman–Crippen MR) is 118 cm³/mol. The van der Waals surface area contributed by atoms with Crippen molar-refractivity contribution in [3.8, 4) is 5.75 Å². The molecule has 0 aliphatic carbocycles. The van der Waals surface area contributed by atoms with Gasteiger partial charge in [-0.25, -0.2) is 0 Å². The second-order valence-corrected chi connectivity index (χ2v) is 8.47. The van der Waals surface area contributed by atoms with Gasteiger partial charge in [-0.2, -0.15) is 0 Å². The maximum Gasteiger partial charge on any atom is 0.293 e. The second-order valence-electron chi connectivity index (χ2n) is 6.22. The third kappa shape index (κ3) is 4.71. The van der Waals surface area contributed by atoms with Gasteiger partial charge in [0.15, 0.2) is 0 Å². The zero-order chi connectivity index (χ0) is 20.3. The van der Waals surface area contributed by atoms with Gasteiger partial charge in [-0.3, -0.25) is 14.5 Å². The molecule has 1 aliphatic rings. The highest BCUT2D eigenvalue weighted by Gasteiger charge is 2.34. The molecular formula is C20H18BrClN2O3S. The Morgan fingerprint density at radius 1 is 1.21 bits per heavy atom. The van der Waals surface area contributed by atoms with Crippen LogP contribution in [-0.4, -0.2) is 43.3 Å². The fourth-order valence-corrected chi connectivity index (χ4v) is 4.43. The van der Waals surface area contributed by atoms with Gasteiger partial charge in [0.05, 0.1) is 22.2 Å². The van der Waals surface area contributed by atoms with Crippen molar-refractivity contribution >= 4 is 62.2 Å². The van der Waals surface area contributed by atoms with Crippen LogP contribution in [0, 0.1) is 0 Å². The summed E-state index contributed by atoms with van der Waals surface area (Å²) in [6, 6.07) is 12.9. The number of thioether (sulfide) groups is 1. The Bertz CT molecular complexity index is 949. The fraction of sp³-hybridized carbons (Fsp3) is 0.200. The number of carbonyl (C=O) groups excluding carboxylic acids is 2. The lowest BCUT2D eigenvalue weighted by Crippen LogP contribution is -2.32. The van der Waals surface area contributed by atoms with Gasteiger partial charge in [0.2, 0.25) is 0 Å². The minimum Gasteiger partial charge on any atom is -0.490 e. The standard InChI is InChI=1S/C20H18BrClN2O3S/c1-23(2)16-8-7-13(11-14(16)21)12-18-19(25)24(20(26)28-18)9-10-27-17-6-4-3-5-15(17)22/h3-8,11-12H,9-10H2,1-2H3/b18-12-. The van der Waals surface area contributed by atoms with E-state index >= 15 is 0 Å². The monoisotopic (exact) mass is 480 g/mol. The summed E-state index contributed by atoms with van der Waals surface area (Å²) in [5.74, 6) is 0.211. The number of imide groups is 1. The lowest BCUT2D eigenvalue weighted by molar-refractivity contribution is -0.123. The average Bonchev–Trinajstić information content (AvgIpc) is 2.90. The van der Waals surface area contributed by atoms with E-state index in [1.165, 1.54) is 4.90 Å². The van der Waals surface area contributed by atoms with E-state index in [-0.39, 0.29) is 24.3 Å². The molecule has 28 heavy (non-hydrogen) atoms. The Balaban J connectivity index is 1.67. The first-order valence-electron chi connectivity index (χ1n) is 8.46. The molecule has 0 radical (unpaired) electrons. The van der Waals surface area contributed by atoms with Gasteiger partial charge in [-0.15, -0.1) is 0 Å². The van der Waals surface area contributed by atoms with Gasteiger partial charge in [-0.1, -0.05) is 29.8 Å². The molecule has 3 rings (SSSR count). The molecule has 1 aliphatic heterocycles. The van der Waals surface area contributed by atoms with Crippen molar-refractivity contribution in [2.75, 3.05) is 32.1 Å². The molecule has 1 fully saturated rings. The Kier molecular flexibility index (Phi) is 6.69. The molecule has 0 unspecified atom stereocenters. The first kappa shape index (κ1) is 20.8. The third-order valence-electron chi connectivity index (χ3n) is 4.03. The highest BCUT2D eigenvalue weighted by Crippen LogP contribution is 2.34. The SMILES string of the molecule is CN(C)c1ccc(/C=C2\SC(=O)N(CCOc3ccccc3Cl)C2=O)cc1Br. The Morgan fingerprint density at radius 3 is 2.64 bits per heavy atom. The van der Waals surface area contributed by atoms with Crippen molar-refractivity contribution < 1.29 is 14.3 Å². The van der Waals surface area contributed by atoms with Crippen LogP contribution in [0.2, 0.25) is 5.02 Å². The molecule has 2 aromatic carbocycles. The maximum atomic E-state index is 12.6. The normalized spacial score (nSPS) is 15.4. The van der Waals surface area contributed by atoms with Gasteiger partial charge < -0.3 is 9.64 Å². The van der Waals surface area contributed by atoms with Gasteiger partial charge in [0.25, 0.3) is 11.1 Å². The molecule has 0 N–H and O–H groups in total. The highest BCUT2D eigenvalue weighted by molar-refractivity contribution is 9.10. The number of amides is 2. The van der Waals surface area contributed by atoms with Crippen LogP contribution >= 0.6 is 39.3 Å². The number of anilines is 1. The third-order valence-corrected chi connectivity index (χ3v) is 5.89. The molecule has 146 valence electrons. The van der Waals surface area contributed by atoms with Crippen LogP contribution < -0.4 is 9.64 Å². The molecule has 5 nitrogen and oxygen atoms in total. The zero-order valence-electron chi connectivity index (χ0n) is 15.3. The van der Waals surface area contributed by atoms with E-state index in [4.69, 9.17) is 16.3 Å². The molecule has 0 bridgehead atoms. The van der Waals surface area contributed by atoms with Crippen molar-refractivity contribution in [1.29, 1.82) is 0 Å². The van der Waals surface area contributed by atoms with Crippen LogP contribution in [0.3, 0.4) is 0 Å². The number of ether oxygens (including phenoxy) is 1. The number of hydrogen-bond donors (Lipinski definition) is 0. The molecule has 2 amide bonds. The maximum absolute atomic E-state index is 12.6. The van der Waals surface area contributed by atoms with Gasteiger partial charge in [0, 0.05) is 18.6 Å². The van der Waals surface area contributed by atoms with Crippen LogP contribution in [0.15, 0.2) is 51.8 Å². The van der Waals surface area contributed by atoms with E-state index in [1.54, 1.807) is 24.3 Å². The molecule has 1 heterocycles. The van der Waals surface area contributed by atoms with Crippen LogP contribution in [0.1, 0.15) is 5.56 Å². The average molecular weight is 482 g/mol. The van der Waals surface area contributed by atoms with E-state index < -0.39 is 0 Å². The second kappa shape index (κ2) is 9.03. The van der Waals surface area contributed by atoms with Crippen LogP contribution in [0.4, 0.5) is 10.5 Å². The van der Waals surface area contributed by atoms with Crippen molar-refractivity contribution in [2.45, 2.75) is 0 Å². The topological polar surface area (TPSA) is 49.9 Å². The summed E-state index contributed by atoms with van der Waals surface area (Å²) in [6.45, 7) is 0.342. The summed E-state index contributed by atoms with van der Waals surface area (Å²) in [6.07, 6.45) is 1.73. The smallest absolute Gasteiger partial charge is 0.293 e. The fourth-order valence-electron chi connectivity index (χ4n) is 2.63. The molecule has 0 spiro atoms. The van der Waals surface area contributed by atoms with Crippen molar-refractivity contribution in [3.63, 3.8) is 0 Å². The molecule has 8 heteroatoms. The summed E-state index contributed by atoms with van der Waals surface area (Å²) < 4.78 is 6.50. The van der Waals surface area contributed by atoms with E-state index in [0.717, 1.165) is 27.5 Å². The number of para-hydroxylation sites is 1. The lowest BCUT2D eigenvalue weighted by Gasteiger charge is -2.15. The number of rotatable bonds is 6. The number of benzene rings is 2. The first-order chi connectivity index (χ1) is 13.4. The van der Waals surface area contributed by atoms with E-state index in [9.17, 15) is 9.59 Å². The number of nitrogens with zero attached hydrogens (tertiary/aromatic N) is 2. The molecule has 0 saturated carbocycles. The Morgan fingerprint density at radius 2 is 1.96 bits per heavy atom. The predicted octanol–water partition coefficient (Wildman–Crippen LogP) is 5.28. The minimum absolute atomic E-state index is 0.163. The number of hydrogen-bond acceptors (Lipinski definition) is 5. The van der Waals surface area contributed by atoms with Gasteiger partial charge >= 0.3 is 0 Å². The van der Waals surface area contributed by atoms with Crippen LogP contribution in [0.5, 0.6) is 5.75 Å². The highest BCUT2D eigenvalue weighted by atomic mass is 79.9. The van der Waals surface area contributed by atoms with E-state index in [0.29, 0.717) is 15.7 Å². The molecule has 2 aromatic rings. The van der Waals surface area contributed by atoms with Crippen molar-refractivity contribution in [1.82, 2.24) is 4.90 Å². The quantitative estimate of drug-likeness (QED) is 0.525. The zero-order valence-corrected chi connectivity index (χ0v) is 18.5. The number of halogens is 2. The van der Waals surface area contributed by atoms with Crippen LogP contribution in [0.25, 0.3) is 6.08 Å². The van der Waals surface area contributed by atoms with Crippen molar-refractivity contribution in [2.24, 2.45) is 0 Å². The Labute approximate surface area is 181 Å². The molecule has 0 aromatic heterocycles. The van der Waals surface area contributed by atoms with Gasteiger partial charge in [0.1, 0.15) is 12.4 Å². The molecule has 0 atom stereocenters. The number of carbonyl (C=O) groups is 2. The molecule has 1 saturated heterocycles. The van der Waals surface area contributed by atoms with Gasteiger partial charge in [-0.05, 0) is 63.6 Å². The summed E-state index contributed by atoms with van der Waals surface area (Å²) in [4.78, 5) is 28.4. The van der Waals surface area contributed by atoms with E-state index in [2.05, 4.69) is 15.9 Å². The summed E-state index contributed by atoms with van der Waals surface area (Å²) >= 11 is 10.5.